The molecular formula is C26H26N4O3S. The summed E-state index contributed by atoms with van der Waals surface area (Å²) >= 11 is 5.32. The molecule has 1 fully saturated rings. The molecular weight excluding hydrogens is 448 g/mol. The summed E-state index contributed by atoms with van der Waals surface area (Å²) in [5.74, 6) is 0.301. The van der Waals surface area contributed by atoms with E-state index >= 15 is 0 Å². The third kappa shape index (κ3) is 4.49. The number of thiocarbonyl (C=S) groups is 1. The Balaban J connectivity index is 1.65. The molecule has 1 N–H and O–H groups in total. The second-order valence-electron chi connectivity index (χ2n) is 9.03. The van der Waals surface area contributed by atoms with E-state index in [2.05, 4.69) is 10.4 Å². The average Bonchev–Trinajstić information content (AvgIpc) is 3.06. The van der Waals surface area contributed by atoms with E-state index in [0.717, 1.165) is 17.0 Å². The fourth-order valence-corrected chi connectivity index (χ4v) is 4.12. The van der Waals surface area contributed by atoms with Crippen molar-refractivity contribution in [1.82, 2.24) is 15.1 Å². The number of aromatic nitrogens is 2. The lowest BCUT2D eigenvalue weighted by molar-refractivity contribution is -0.122. The van der Waals surface area contributed by atoms with Crippen LogP contribution in [0.15, 0.2) is 60.2 Å². The topological polar surface area (TPSA) is 76.5 Å². The van der Waals surface area contributed by atoms with Gasteiger partial charge in [0.05, 0.1) is 16.9 Å². The summed E-state index contributed by atoms with van der Waals surface area (Å²) in [4.78, 5) is 27.4. The monoisotopic (exact) mass is 474 g/mol. The van der Waals surface area contributed by atoms with Crippen molar-refractivity contribution < 1.29 is 14.3 Å². The minimum atomic E-state index is -0.530. The molecule has 4 rings (SSSR count). The molecule has 1 saturated heterocycles. The summed E-state index contributed by atoms with van der Waals surface area (Å²) in [6, 6.07) is 16.4. The highest BCUT2D eigenvalue weighted by Gasteiger charge is 2.35. The van der Waals surface area contributed by atoms with Gasteiger partial charge in [0.25, 0.3) is 11.8 Å². The lowest BCUT2D eigenvalue weighted by Crippen LogP contribution is -2.54. The third-order valence-corrected chi connectivity index (χ3v) is 5.73. The van der Waals surface area contributed by atoms with Gasteiger partial charge in [0.2, 0.25) is 0 Å². The van der Waals surface area contributed by atoms with E-state index in [9.17, 15) is 9.59 Å². The highest BCUT2D eigenvalue weighted by molar-refractivity contribution is 7.80. The number of aryl methyl sites for hydroxylation is 1. The van der Waals surface area contributed by atoms with Gasteiger partial charge in [-0.05, 0) is 89.3 Å². The van der Waals surface area contributed by atoms with Gasteiger partial charge in [-0.2, -0.15) is 5.10 Å². The number of carbonyl (C=O) groups is 2. The van der Waals surface area contributed by atoms with E-state index in [1.807, 2.05) is 69.6 Å². The molecule has 2 aromatic carbocycles. The Kier molecular flexibility index (Phi) is 6.10. The number of amides is 2. The number of para-hydroxylation sites is 1. The summed E-state index contributed by atoms with van der Waals surface area (Å²) in [5.41, 5.74) is 2.65. The van der Waals surface area contributed by atoms with Crippen LogP contribution < -0.4 is 15.0 Å². The van der Waals surface area contributed by atoms with Crippen LogP contribution in [0.5, 0.6) is 11.5 Å². The van der Waals surface area contributed by atoms with Crippen LogP contribution >= 0.6 is 12.2 Å². The van der Waals surface area contributed by atoms with Crippen LogP contribution in [0, 0.1) is 13.8 Å². The Labute approximate surface area is 204 Å². The SMILES string of the molecule is Cc1nn(C(C)(C)C)c(C)c1C=C1C(=O)NC(=S)N(c2ccc(Oc3ccccc3)cc2)C1=O. The van der Waals surface area contributed by atoms with Crippen molar-refractivity contribution in [3.05, 3.63) is 77.1 Å². The highest BCUT2D eigenvalue weighted by Crippen LogP contribution is 2.28. The van der Waals surface area contributed by atoms with Crippen LogP contribution in [0.25, 0.3) is 6.08 Å². The Morgan fingerprint density at radius 2 is 1.59 bits per heavy atom. The third-order valence-electron chi connectivity index (χ3n) is 5.45. The molecule has 3 aromatic rings. The molecule has 0 atom stereocenters. The maximum Gasteiger partial charge on any atom is 0.270 e. The fraction of sp³-hybridized carbons (Fsp3) is 0.231. The summed E-state index contributed by atoms with van der Waals surface area (Å²) in [6.07, 6.45) is 1.60. The van der Waals surface area contributed by atoms with E-state index in [-0.39, 0.29) is 16.2 Å². The lowest BCUT2D eigenvalue weighted by atomic mass is 10.0. The predicted octanol–water partition coefficient (Wildman–Crippen LogP) is 4.88. The van der Waals surface area contributed by atoms with Crippen LogP contribution in [0.2, 0.25) is 0 Å². The van der Waals surface area contributed by atoms with Crippen LogP contribution in [-0.4, -0.2) is 26.7 Å². The van der Waals surface area contributed by atoms with Gasteiger partial charge in [0.15, 0.2) is 5.11 Å². The molecule has 7 nitrogen and oxygen atoms in total. The molecule has 1 aliphatic rings. The first-order valence-corrected chi connectivity index (χ1v) is 11.3. The molecule has 2 heterocycles. The lowest BCUT2D eigenvalue weighted by Gasteiger charge is -2.29. The Morgan fingerprint density at radius 1 is 0.971 bits per heavy atom. The van der Waals surface area contributed by atoms with Crippen molar-refractivity contribution >= 4 is 40.9 Å². The van der Waals surface area contributed by atoms with Crippen molar-refractivity contribution in [2.45, 2.75) is 40.2 Å². The summed E-state index contributed by atoms with van der Waals surface area (Å²) in [6.45, 7) is 9.94. The predicted molar refractivity (Wildman–Crippen MR) is 136 cm³/mol. The number of carbonyl (C=O) groups excluding carboxylic acids is 2. The average molecular weight is 475 g/mol. The van der Waals surface area contributed by atoms with Crippen LogP contribution in [0.1, 0.15) is 37.7 Å². The van der Waals surface area contributed by atoms with Crippen LogP contribution in [-0.2, 0) is 15.1 Å². The van der Waals surface area contributed by atoms with Crippen molar-refractivity contribution in [3.63, 3.8) is 0 Å². The number of nitrogens with zero attached hydrogens (tertiary/aromatic N) is 3. The standard InChI is InChI=1S/C26H26N4O3S/c1-16-21(17(2)30(28-16)26(3,4)5)15-22-23(31)27-25(34)29(24(22)32)18-11-13-20(14-12-18)33-19-9-7-6-8-10-19/h6-15H,1-5H3,(H,27,31,34). The van der Waals surface area contributed by atoms with E-state index in [1.165, 1.54) is 4.90 Å². The molecule has 1 aliphatic heterocycles. The van der Waals surface area contributed by atoms with Gasteiger partial charge in [0.1, 0.15) is 17.1 Å². The van der Waals surface area contributed by atoms with Crippen LogP contribution in [0.4, 0.5) is 5.69 Å². The largest absolute Gasteiger partial charge is 0.457 e. The van der Waals surface area contributed by atoms with Gasteiger partial charge >= 0.3 is 0 Å². The molecule has 0 unspecified atom stereocenters. The minimum absolute atomic E-state index is 0.00197. The van der Waals surface area contributed by atoms with E-state index in [1.54, 1.807) is 30.3 Å². The molecule has 0 spiro atoms. The molecule has 0 radical (unpaired) electrons. The van der Waals surface area contributed by atoms with Gasteiger partial charge in [-0.3, -0.25) is 24.5 Å². The van der Waals surface area contributed by atoms with E-state index in [4.69, 9.17) is 17.0 Å². The molecule has 174 valence electrons. The first-order valence-electron chi connectivity index (χ1n) is 10.9. The quantitative estimate of drug-likeness (QED) is 0.331. The second-order valence-corrected chi connectivity index (χ2v) is 9.42. The molecule has 34 heavy (non-hydrogen) atoms. The minimum Gasteiger partial charge on any atom is -0.457 e. The van der Waals surface area contributed by atoms with E-state index in [0.29, 0.717) is 17.2 Å². The zero-order valence-electron chi connectivity index (χ0n) is 19.7. The molecule has 0 bridgehead atoms. The smallest absolute Gasteiger partial charge is 0.270 e. The Morgan fingerprint density at radius 3 is 2.18 bits per heavy atom. The summed E-state index contributed by atoms with van der Waals surface area (Å²) in [5, 5.41) is 7.27. The van der Waals surface area contributed by atoms with Gasteiger partial charge in [-0.1, -0.05) is 18.2 Å². The van der Waals surface area contributed by atoms with Gasteiger partial charge in [-0.25, -0.2) is 0 Å². The van der Waals surface area contributed by atoms with Crippen molar-refractivity contribution in [2.75, 3.05) is 4.90 Å². The first-order chi connectivity index (χ1) is 16.1. The number of ether oxygens (including phenoxy) is 1. The van der Waals surface area contributed by atoms with Gasteiger partial charge in [0, 0.05) is 11.3 Å². The van der Waals surface area contributed by atoms with Gasteiger partial charge in [-0.15, -0.1) is 0 Å². The Hall–Kier alpha value is -3.78. The number of benzene rings is 2. The van der Waals surface area contributed by atoms with E-state index < -0.39 is 11.8 Å². The number of anilines is 1. The Bertz CT molecular complexity index is 1300. The number of nitrogens with one attached hydrogen (secondary N) is 1. The zero-order valence-corrected chi connectivity index (χ0v) is 20.6. The maximum absolute atomic E-state index is 13.4. The number of rotatable bonds is 4. The van der Waals surface area contributed by atoms with Crippen LogP contribution in [0.3, 0.4) is 0 Å². The maximum atomic E-state index is 13.4. The van der Waals surface area contributed by atoms with Crippen molar-refractivity contribution in [3.8, 4) is 11.5 Å². The summed E-state index contributed by atoms with van der Waals surface area (Å²) < 4.78 is 7.72. The van der Waals surface area contributed by atoms with Gasteiger partial charge < -0.3 is 4.74 Å². The van der Waals surface area contributed by atoms with Crippen molar-refractivity contribution in [2.24, 2.45) is 0 Å². The molecule has 1 aromatic heterocycles. The second kappa shape index (κ2) is 8.87. The molecule has 0 saturated carbocycles. The number of hydrogen-bond donors (Lipinski definition) is 1. The highest BCUT2D eigenvalue weighted by atomic mass is 32.1. The zero-order chi connectivity index (χ0) is 24.6. The molecule has 8 heteroatoms. The summed E-state index contributed by atoms with van der Waals surface area (Å²) in [7, 11) is 0. The fourth-order valence-electron chi connectivity index (χ4n) is 3.84. The first kappa shape index (κ1) is 23.4. The normalized spacial score (nSPS) is 15.6. The number of hydrogen-bond acceptors (Lipinski definition) is 5. The molecule has 0 aliphatic carbocycles. The molecule has 2 amide bonds. The van der Waals surface area contributed by atoms with Crippen molar-refractivity contribution in [1.29, 1.82) is 0 Å².